The molecular formula is C24H19Cl2NO4. The fraction of sp³-hybridized carbons (Fsp3) is 0.167. The molecule has 0 aliphatic heterocycles. The van der Waals surface area contributed by atoms with Crippen molar-refractivity contribution in [1.82, 2.24) is 5.32 Å². The van der Waals surface area contributed by atoms with Crippen LogP contribution in [-0.4, -0.2) is 23.8 Å². The Hall–Kier alpha value is -3.02. The molecule has 1 aliphatic carbocycles. The predicted molar refractivity (Wildman–Crippen MR) is 120 cm³/mol. The van der Waals surface area contributed by atoms with E-state index >= 15 is 0 Å². The number of alkyl carbamates (subject to hydrolysis) is 1. The lowest BCUT2D eigenvalue weighted by atomic mass is 9.98. The van der Waals surface area contributed by atoms with Crippen LogP contribution in [0.25, 0.3) is 11.1 Å². The number of carboxylic acid groups (broad SMARTS) is 1. The van der Waals surface area contributed by atoms with Crippen molar-refractivity contribution in [1.29, 1.82) is 0 Å². The van der Waals surface area contributed by atoms with E-state index in [1.807, 2.05) is 36.4 Å². The normalized spacial score (nSPS) is 13.2. The molecule has 0 aromatic heterocycles. The van der Waals surface area contributed by atoms with Crippen LogP contribution in [0.2, 0.25) is 10.0 Å². The number of rotatable bonds is 6. The minimum Gasteiger partial charge on any atom is -0.481 e. The molecule has 7 heteroatoms. The van der Waals surface area contributed by atoms with Crippen LogP contribution in [0.15, 0.2) is 66.7 Å². The van der Waals surface area contributed by atoms with E-state index in [0.29, 0.717) is 15.6 Å². The molecule has 1 aliphatic rings. The number of fused-ring (bicyclic) bond motifs is 3. The zero-order valence-corrected chi connectivity index (χ0v) is 17.9. The van der Waals surface area contributed by atoms with Gasteiger partial charge in [-0.2, -0.15) is 0 Å². The van der Waals surface area contributed by atoms with Crippen molar-refractivity contribution in [3.8, 4) is 11.1 Å². The summed E-state index contributed by atoms with van der Waals surface area (Å²) in [5.41, 5.74) is 4.86. The lowest BCUT2D eigenvalue weighted by Crippen LogP contribution is -2.32. The Morgan fingerprint density at radius 3 is 2.19 bits per heavy atom. The Balaban J connectivity index is 1.50. The number of hydrogen-bond donors (Lipinski definition) is 2. The summed E-state index contributed by atoms with van der Waals surface area (Å²) in [6.45, 7) is 0.128. The number of ether oxygens (including phenoxy) is 1. The third kappa shape index (κ3) is 4.53. The Bertz CT molecular complexity index is 1100. The molecule has 0 spiro atoms. The number of amides is 1. The van der Waals surface area contributed by atoms with Gasteiger partial charge in [-0.3, -0.25) is 4.79 Å². The monoisotopic (exact) mass is 455 g/mol. The average molecular weight is 456 g/mol. The van der Waals surface area contributed by atoms with Crippen molar-refractivity contribution in [3.63, 3.8) is 0 Å². The van der Waals surface area contributed by atoms with Crippen LogP contribution in [0.5, 0.6) is 0 Å². The van der Waals surface area contributed by atoms with E-state index in [0.717, 1.165) is 22.3 Å². The second kappa shape index (κ2) is 9.00. The summed E-state index contributed by atoms with van der Waals surface area (Å²) in [7, 11) is 0. The fourth-order valence-corrected chi connectivity index (χ4v) is 4.41. The minimum atomic E-state index is -1.08. The van der Waals surface area contributed by atoms with Gasteiger partial charge in [0.1, 0.15) is 6.61 Å². The van der Waals surface area contributed by atoms with Crippen LogP contribution in [-0.2, 0) is 9.53 Å². The van der Waals surface area contributed by atoms with Gasteiger partial charge in [-0.15, -0.1) is 0 Å². The van der Waals surface area contributed by atoms with Gasteiger partial charge >= 0.3 is 12.1 Å². The highest BCUT2D eigenvalue weighted by Crippen LogP contribution is 2.44. The molecule has 4 rings (SSSR count). The summed E-state index contributed by atoms with van der Waals surface area (Å²) < 4.78 is 5.52. The van der Waals surface area contributed by atoms with E-state index in [1.165, 1.54) is 0 Å². The fourth-order valence-electron chi connectivity index (χ4n) is 3.98. The Morgan fingerprint density at radius 2 is 1.58 bits per heavy atom. The molecule has 158 valence electrons. The highest BCUT2D eigenvalue weighted by atomic mass is 35.5. The Labute approximate surface area is 189 Å². The van der Waals surface area contributed by atoms with Crippen molar-refractivity contribution in [2.24, 2.45) is 0 Å². The molecule has 0 fully saturated rings. The molecule has 31 heavy (non-hydrogen) atoms. The van der Waals surface area contributed by atoms with Gasteiger partial charge in [0.15, 0.2) is 0 Å². The quantitative estimate of drug-likeness (QED) is 0.474. The van der Waals surface area contributed by atoms with Gasteiger partial charge in [0.05, 0.1) is 12.5 Å². The third-order valence-corrected chi connectivity index (χ3v) is 5.93. The molecule has 0 heterocycles. The first kappa shape index (κ1) is 21.2. The molecule has 0 unspecified atom stereocenters. The summed E-state index contributed by atoms with van der Waals surface area (Å²) in [4.78, 5) is 23.9. The largest absolute Gasteiger partial charge is 0.481 e. The van der Waals surface area contributed by atoms with E-state index in [2.05, 4.69) is 17.4 Å². The first-order valence-electron chi connectivity index (χ1n) is 9.72. The Morgan fingerprint density at radius 1 is 0.968 bits per heavy atom. The van der Waals surface area contributed by atoms with Gasteiger partial charge in [-0.25, -0.2) is 4.79 Å². The predicted octanol–water partition coefficient (Wildman–Crippen LogP) is 6.05. The van der Waals surface area contributed by atoms with Gasteiger partial charge in [0, 0.05) is 16.0 Å². The lowest BCUT2D eigenvalue weighted by Gasteiger charge is -2.20. The number of aliphatic carboxylic acids is 1. The maximum absolute atomic E-state index is 12.6. The van der Waals surface area contributed by atoms with Crippen LogP contribution in [0.3, 0.4) is 0 Å². The van der Waals surface area contributed by atoms with Crippen molar-refractivity contribution < 1.29 is 19.4 Å². The number of hydrogen-bond acceptors (Lipinski definition) is 3. The number of benzene rings is 3. The van der Waals surface area contributed by atoms with Crippen molar-refractivity contribution in [2.45, 2.75) is 18.4 Å². The van der Waals surface area contributed by atoms with E-state index < -0.39 is 18.1 Å². The van der Waals surface area contributed by atoms with Crippen molar-refractivity contribution in [2.75, 3.05) is 6.61 Å². The smallest absolute Gasteiger partial charge is 0.407 e. The van der Waals surface area contributed by atoms with Crippen LogP contribution in [0, 0.1) is 0 Å². The zero-order chi connectivity index (χ0) is 22.0. The third-order valence-electron chi connectivity index (χ3n) is 5.35. The van der Waals surface area contributed by atoms with Gasteiger partial charge in [0.2, 0.25) is 0 Å². The molecular weight excluding hydrogens is 437 g/mol. The highest BCUT2D eigenvalue weighted by molar-refractivity contribution is 6.33. The standard InChI is InChI=1S/C24H19Cl2NO4/c25-14-9-10-21(26)19(11-14)22(12-23(28)29)27-24(30)31-13-20-17-7-3-1-5-15(17)16-6-2-4-8-18(16)20/h1-11,20,22H,12-13H2,(H,27,30)(H,28,29)/t22-/m1/s1. The minimum absolute atomic E-state index is 0.0918. The van der Waals surface area contributed by atoms with E-state index in [9.17, 15) is 14.7 Å². The molecule has 0 saturated heterocycles. The van der Waals surface area contributed by atoms with Crippen LogP contribution in [0.1, 0.15) is 35.1 Å². The second-order valence-electron chi connectivity index (χ2n) is 7.29. The number of carboxylic acids is 1. The molecule has 3 aromatic rings. The van der Waals surface area contributed by atoms with Crippen LogP contribution in [0.4, 0.5) is 4.79 Å². The zero-order valence-electron chi connectivity index (χ0n) is 16.3. The van der Waals surface area contributed by atoms with Crippen LogP contribution >= 0.6 is 23.2 Å². The van der Waals surface area contributed by atoms with Gasteiger partial charge in [-0.1, -0.05) is 71.7 Å². The maximum Gasteiger partial charge on any atom is 0.407 e. The van der Waals surface area contributed by atoms with Gasteiger partial charge in [0.25, 0.3) is 0 Å². The van der Waals surface area contributed by atoms with E-state index in [4.69, 9.17) is 27.9 Å². The molecule has 3 aromatic carbocycles. The summed E-state index contributed by atoms with van der Waals surface area (Å²) >= 11 is 12.2. The summed E-state index contributed by atoms with van der Waals surface area (Å²) in [5.74, 6) is -1.18. The number of halogens is 2. The maximum atomic E-state index is 12.6. The van der Waals surface area contributed by atoms with Crippen molar-refractivity contribution in [3.05, 3.63) is 93.5 Å². The highest BCUT2D eigenvalue weighted by Gasteiger charge is 2.29. The molecule has 1 atom stereocenters. The molecule has 0 bridgehead atoms. The summed E-state index contributed by atoms with van der Waals surface area (Å²) in [6.07, 6.45) is -1.08. The Kier molecular flexibility index (Phi) is 6.16. The second-order valence-corrected chi connectivity index (χ2v) is 8.13. The molecule has 0 saturated carbocycles. The molecule has 2 N–H and O–H groups in total. The topological polar surface area (TPSA) is 75.6 Å². The average Bonchev–Trinajstić information content (AvgIpc) is 3.07. The molecule has 0 radical (unpaired) electrons. The first-order valence-corrected chi connectivity index (χ1v) is 10.5. The molecule has 5 nitrogen and oxygen atoms in total. The van der Waals surface area contributed by atoms with Crippen LogP contribution < -0.4 is 5.32 Å². The van der Waals surface area contributed by atoms with Gasteiger partial charge < -0.3 is 15.2 Å². The lowest BCUT2D eigenvalue weighted by molar-refractivity contribution is -0.137. The summed E-state index contributed by atoms with van der Waals surface area (Å²) in [5, 5.41) is 12.6. The number of nitrogens with one attached hydrogen (secondary N) is 1. The summed E-state index contributed by atoms with van der Waals surface area (Å²) in [6, 6.07) is 19.9. The first-order chi connectivity index (χ1) is 14.9. The van der Waals surface area contributed by atoms with E-state index in [-0.39, 0.29) is 18.9 Å². The SMILES string of the molecule is O=C(O)C[C@@H](NC(=O)OCC1c2ccccc2-c2ccccc21)c1cc(Cl)ccc1Cl. The van der Waals surface area contributed by atoms with E-state index in [1.54, 1.807) is 18.2 Å². The number of carbonyl (C=O) groups excluding carboxylic acids is 1. The number of carbonyl (C=O) groups is 2. The van der Waals surface area contributed by atoms with Gasteiger partial charge in [-0.05, 0) is 46.0 Å². The van der Waals surface area contributed by atoms with Crippen molar-refractivity contribution >= 4 is 35.3 Å². The molecule has 1 amide bonds.